The third-order valence-corrected chi connectivity index (χ3v) is 4.26. The number of rotatable bonds is 1. The van der Waals surface area contributed by atoms with Crippen LogP contribution < -0.4 is 0 Å². The third kappa shape index (κ3) is 2.83. The van der Waals surface area contributed by atoms with E-state index < -0.39 is 0 Å². The van der Waals surface area contributed by atoms with Crippen LogP contribution in [-0.2, 0) is 6.42 Å². The molecule has 0 bridgehead atoms. The van der Waals surface area contributed by atoms with Crippen molar-refractivity contribution in [1.82, 2.24) is 10.2 Å². The zero-order valence-electron chi connectivity index (χ0n) is 12.0. The van der Waals surface area contributed by atoms with Crippen molar-refractivity contribution in [3.05, 3.63) is 46.1 Å². The Morgan fingerprint density at radius 2 is 1.86 bits per heavy atom. The lowest BCUT2D eigenvalue weighted by Gasteiger charge is -2.30. The molecule has 1 aromatic carbocycles. The van der Waals surface area contributed by atoms with Crippen LogP contribution in [0.1, 0.15) is 31.5 Å². The van der Waals surface area contributed by atoms with Crippen molar-refractivity contribution in [2.24, 2.45) is 10.6 Å². The fourth-order valence-corrected chi connectivity index (χ4v) is 2.98. The van der Waals surface area contributed by atoms with E-state index >= 15 is 0 Å². The molecule has 0 saturated heterocycles. The van der Waals surface area contributed by atoms with Crippen LogP contribution in [0.15, 0.2) is 40.0 Å². The number of fused-ring (bicyclic) bond motifs is 1. The molecular weight excluding hydrogens is 330 g/mol. The summed E-state index contributed by atoms with van der Waals surface area (Å²) in [6, 6.07) is 9.89. The zero-order valence-corrected chi connectivity index (χ0v) is 13.6. The van der Waals surface area contributed by atoms with Gasteiger partial charge < -0.3 is 5.21 Å². The van der Waals surface area contributed by atoms with E-state index in [9.17, 15) is 5.21 Å². The van der Waals surface area contributed by atoms with Crippen molar-refractivity contribution >= 4 is 21.6 Å². The Hall–Kier alpha value is -1.75. The van der Waals surface area contributed by atoms with E-state index in [2.05, 4.69) is 45.1 Å². The number of oxime groups is 1. The first-order valence-electron chi connectivity index (χ1n) is 6.82. The lowest BCUT2D eigenvalue weighted by Crippen LogP contribution is -2.28. The summed E-state index contributed by atoms with van der Waals surface area (Å²) in [5.74, 6) is 0. The van der Waals surface area contributed by atoms with Crippen molar-refractivity contribution in [1.29, 1.82) is 0 Å². The van der Waals surface area contributed by atoms with Crippen LogP contribution in [0.5, 0.6) is 0 Å². The van der Waals surface area contributed by atoms with Crippen molar-refractivity contribution in [2.75, 3.05) is 0 Å². The van der Waals surface area contributed by atoms with Crippen LogP contribution in [-0.4, -0.2) is 21.1 Å². The highest BCUT2D eigenvalue weighted by molar-refractivity contribution is 9.10. The molecule has 0 unspecified atom stereocenters. The van der Waals surface area contributed by atoms with E-state index in [0.717, 1.165) is 39.8 Å². The molecule has 2 aromatic rings. The lowest BCUT2D eigenvalue weighted by molar-refractivity contribution is 0.305. The molecule has 1 aliphatic carbocycles. The molecule has 21 heavy (non-hydrogen) atoms. The van der Waals surface area contributed by atoms with Crippen molar-refractivity contribution in [2.45, 2.75) is 26.7 Å². The standard InChI is InChI=1S/C16H16BrN3O/c1-16(2)8-14-12(15(9-16)20-21)7-13(18-19-14)10-3-5-11(17)6-4-10/h3-7,21H,8-9H2,1-2H3/b20-15-. The minimum absolute atomic E-state index is 0.0440. The van der Waals surface area contributed by atoms with E-state index in [0.29, 0.717) is 5.71 Å². The van der Waals surface area contributed by atoms with Gasteiger partial charge >= 0.3 is 0 Å². The first kappa shape index (κ1) is 14.2. The van der Waals surface area contributed by atoms with Crippen molar-refractivity contribution < 1.29 is 5.21 Å². The Morgan fingerprint density at radius 3 is 2.52 bits per heavy atom. The summed E-state index contributed by atoms with van der Waals surface area (Å²) in [7, 11) is 0. The largest absolute Gasteiger partial charge is 0.411 e. The van der Waals surface area contributed by atoms with Gasteiger partial charge in [-0.3, -0.25) is 0 Å². The molecule has 0 fully saturated rings. The lowest BCUT2D eigenvalue weighted by atomic mass is 9.75. The topological polar surface area (TPSA) is 58.4 Å². The summed E-state index contributed by atoms with van der Waals surface area (Å²) in [6.07, 6.45) is 1.58. The number of hydrogen-bond acceptors (Lipinski definition) is 4. The summed E-state index contributed by atoms with van der Waals surface area (Å²) >= 11 is 3.42. The molecule has 0 amide bonds. The molecule has 0 saturated carbocycles. The normalized spacial score (nSPS) is 18.5. The summed E-state index contributed by atoms with van der Waals surface area (Å²) < 4.78 is 1.02. The van der Waals surface area contributed by atoms with Crippen LogP contribution in [0.2, 0.25) is 0 Å². The van der Waals surface area contributed by atoms with Gasteiger partial charge in [0.25, 0.3) is 0 Å². The van der Waals surface area contributed by atoms with E-state index in [1.165, 1.54) is 0 Å². The molecule has 1 N–H and O–H groups in total. The number of nitrogens with zero attached hydrogens (tertiary/aromatic N) is 3. The van der Waals surface area contributed by atoms with Gasteiger partial charge in [0.15, 0.2) is 0 Å². The Morgan fingerprint density at radius 1 is 1.14 bits per heavy atom. The first-order valence-corrected chi connectivity index (χ1v) is 7.62. The molecule has 0 radical (unpaired) electrons. The number of aromatic nitrogens is 2. The second kappa shape index (κ2) is 5.22. The van der Waals surface area contributed by atoms with Crippen LogP contribution in [0.3, 0.4) is 0 Å². The van der Waals surface area contributed by atoms with Gasteiger partial charge in [-0.25, -0.2) is 0 Å². The van der Waals surface area contributed by atoms with Gasteiger partial charge in [0.2, 0.25) is 0 Å². The first-order chi connectivity index (χ1) is 9.98. The third-order valence-electron chi connectivity index (χ3n) is 3.73. The van der Waals surface area contributed by atoms with Gasteiger partial charge in [-0.2, -0.15) is 10.2 Å². The molecule has 4 nitrogen and oxygen atoms in total. The SMILES string of the molecule is CC1(C)C/C(=N/O)c2cc(-c3ccc(Br)cc3)nnc2C1. The predicted octanol–water partition coefficient (Wildman–Crippen LogP) is 4.06. The summed E-state index contributed by atoms with van der Waals surface area (Å²) in [5.41, 5.74) is 4.33. The fourth-order valence-electron chi connectivity index (χ4n) is 2.71. The number of hydrogen-bond donors (Lipinski definition) is 1. The maximum atomic E-state index is 9.30. The van der Waals surface area contributed by atoms with Gasteiger partial charge in [0, 0.05) is 15.6 Å². The second-order valence-corrected chi connectivity index (χ2v) is 7.08. The maximum Gasteiger partial charge on any atom is 0.0936 e. The van der Waals surface area contributed by atoms with Gasteiger partial charge in [0.1, 0.15) is 0 Å². The minimum Gasteiger partial charge on any atom is -0.411 e. The van der Waals surface area contributed by atoms with Crippen molar-refractivity contribution in [3.63, 3.8) is 0 Å². The summed E-state index contributed by atoms with van der Waals surface area (Å²) in [5, 5.41) is 21.5. The van der Waals surface area contributed by atoms with E-state index in [1.54, 1.807) is 0 Å². The molecule has 0 aliphatic heterocycles. The molecule has 0 atom stereocenters. The summed E-state index contributed by atoms with van der Waals surface area (Å²) in [6.45, 7) is 4.29. The number of benzene rings is 1. The molecule has 108 valence electrons. The van der Waals surface area contributed by atoms with Crippen LogP contribution in [0.25, 0.3) is 11.3 Å². The second-order valence-electron chi connectivity index (χ2n) is 6.16. The fraction of sp³-hybridized carbons (Fsp3) is 0.312. The van der Waals surface area contributed by atoms with Crippen LogP contribution in [0.4, 0.5) is 0 Å². The Labute approximate surface area is 132 Å². The number of halogens is 1. The minimum atomic E-state index is 0.0440. The highest BCUT2D eigenvalue weighted by atomic mass is 79.9. The molecular formula is C16H16BrN3O. The van der Waals surface area contributed by atoms with E-state index in [4.69, 9.17) is 0 Å². The van der Waals surface area contributed by atoms with Gasteiger partial charge in [-0.1, -0.05) is 47.1 Å². The predicted molar refractivity (Wildman–Crippen MR) is 85.6 cm³/mol. The quantitative estimate of drug-likeness (QED) is 0.626. The molecule has 1 aromatic heterocycles. The Kier molecular flexibility index (Phi) is 3.53. The van der Waals surface area contributed by atoms with Gasteiger partial charge in [0.05, 0.1) is 17.1 Å². The molecule has 1 aliphatic rings. The van der Waals surface area contributed by atoms with Crippen molar-refractivity contribution in [3.8, 4) is 11.3 Å². The zero-order chi connectivity index (χ0) is 15.0. The van der Waals surface area contributed by atoms with Crippen LogP contribution in [0, 0.1) is 5.41 Å². The molecule has 5 heteroatoms. The van der Waals surface area contributed by atoms with E-state index in [1.807, 2.05) is 30.3 Å². The monoisotopic (exact) mass is 345 g/mol. The average molecular weight is 346 g/mol. The summed E-state index contributed by atoms with van der Waals surface area (Å²) in [4.78, 5) is 0. The van der Waals surface area contributed by atoms with E-state index in [-0.39, 0.29) is 5.41 Å². The Bertz CT molecular complexity index is 708. The average Bonchev–Trinajstić information content (AvgIpc) is 2.46. The highest BCUT2D eigenvalue weighted by Crippen LogP contribution is 2.35. The van der Waals surface area contributed by atoms with Crippen LogP contribution >= 0.6 is 15.9 Å². The Balaban J connectivity index is 2.07. The molecule has 1 heterocycles. The smallest absolute Gasteiger partial charge is 0.0936 e. The van der Waals surface area contributed by atoms with Gasteiger partial charge in [-0.05, 0) is 36.5 Å². The van der Waals surface area contributed by atoms with Gasteiger partial charge in [-0.15, -0.1) is 0 Å². The highest BCUT2D eigenvalue weighted by Gasteiger charge is 2.31. The molecule has 0 spiro atoms. The maximum absolute atomic E-state index is 9.30. The molecule has 3 rings (SSSR count).